The summed E-state index contributed by atoms with van der Waals surface area (Å²) < 4.78 is 5.88. The second-order valence-corrected chi connectivity index (χ2v) is 10.2. The van der Waals surface area contributed by atoms with Crippen molar-refractivity contribution in [2.75, 3.05) is 16.9 Å². The van der Waals surface area contributed by atoms with E-state index in [1.807, 2.05) is 41.3 Å². The van der Waals surface area contributed by atoms with E-state index in [4.69, 9.17) is 4.74 Å². The summed E-state index contributed by atoms with van der Waals surface area (Å²) in [5.74, 6) is -2.59. The highest BCUT2D eigenvalue weighted by molar-refractivity contribution is 9.10. The highest BCUT2D eigenvalue weighted by atomic mass is 79.9. The van der Waals surface area contributed by atoms with Gasteiger partial charge in [0.1, 0.15) is 11.8 Å². The Morgan fingerprint density at radius 3 is 2.50 bits per heavy atom. The summed E-state index contributed by atoms with van der Waals surface area (Å²) in [4.78, 5) is 55.6. The van der Waals surface area contributed by atoms with Gasteiger partial charge in [0.15, 0.2) is 5.78 Å². The number of hydrogen-bond donors (Lipinski definition) is 0. The number of anilines is 2. The normalized spacial score (nSPS) is 23.2. The summed E-state index contributed by atoms with van der Waals surface area (Å²) in [6.07, 6.45) is 3.76. The molecule has 0 saturated carbocycles. The molecule has 0 unspecified atom stereocenters. The zero-order valence-electron chi connectivity index (χ0n) is 20.0. The Morgan fingerprint density at radius 1 is 1.00 bits per heavy atom. The molecule has 0 spiro atoms. The third kappa shape index (κ3) is 3.47. The molecule has 2 saturated heterocycles. The molecular weight excluding hydrogens is 554 g/mol. The molecule has 190 valence electrons. The summed E-state index contributed by atoms with van der Waals surface area (Å²) in [6.45, 7) is 0. The quantitative estimate of drug-likeness (QED) is 0.189. The Morgan fingerprint density at radius 2 is 1.76 bits per heavy atom. The highest BCUT2D eigenvalue weighted by Gasteiger charge is 2.64. The number of benzene rings is 3. The molecule has 3 aliphatic rings. The molecule has 3 aromatic rings. The van der Waals surface area contributed by atoms with E-state index in [0.717, 1.165) is 16.2 Å². The lowest BCUT2D eigenvalue weighted by Gasteiger charge is -2.36. The van der Waals surface area contributed by atoms with Gasteiger partial charge in [0.05, 0.1) is 40.1 Å². The Bertz CT molecular complexity index is 1570. The van der Waals surface area contributed by atoms with Crippen molar-refractivity contribution in [2.24, 2.45) is 11.8 Å². The van der Waals surface area contributed by atoms with Crippen LogP contribution in [-0.4, -0.2) is 41.7 Å². The lowest BCUT2D eigenvalue weighted by molar-refractivity contribution is -0.384. The minimum absolute atomic E-state index is 0.119. The van der Waals surface area contributed by atoms with Crippen molar-refractivity contribution in [3.63, 3.8) is 0 Å². The van der Waals surface area contributed by atoms with Crippen molar-refractivity contribution in [1.29, 1.82) is 0 Å². The Kier molecular flexibility index (Phi) is 5.64. The first kappa shape index (κ1) is 24.1. The number of imide groups is 1. The molecule has 4 atom stereocenters. The molecule has 38 heavy (non-hydrogen) atoms. The number of rotatable bonds is 5. The second kappa shape index (κ2) is 8.91. The number of Topliss-reactive ketones (excluding diaryl/α,β-unsaturated/α-hetero) is 1. The minimum Gasteiger partial charge on any atom is -0.496 e. The lowest BCUT2D eigenvalue weighted by atomic mass is 9.86. The lowest BCUT2D eigenvalue weighted by Crippen LogP contribution is -2.48. The van der Waals surface area contributed by atoms with E-state index in [1.165, 1.54) is 31.4 Å². The summed E-state index contributed by atoms with van der Waals surface area (Å²) in [5, 5.41) is 11.3. The molecule has 6 rings (SSSR count). The fourth-order valence-electron chi connectivity index (χ4n) is 5.80. The molecule has 2 amide bonds. The fraction of sp³-hybridized carbons (Fsp3) is 0.179. The van der Waals surface area contributed by atoms with Crippen LogP contribution in [0.2, 0.25) is 0 Å². The average molecular weight is 574 g/mol. The first-order chi connectivity index (χ1) is 18.3. The van der Waals surface area contributed by atoms with Crippen LogP contribution in [0.15, 0.2) is 77.3 Å². The minimum atomic E-state index is -0.976. The van der Waals surface area contributed by atoms with Crippen LogP contribution in [0, 0.1) is 22.0 Å². The first-order valence-electron chi connectivity index (χ1n) is 11.9. The smallest absolute Gasteiger partial charge is 0.271 e. The molecular formula is C28H20BrN3O6. The molecule has 10 heteroatoms. The largest absolute Gasteiger partial charge is 0.496 e. The van der Waals surface area contributed by atoms with Crippen LogP contribution < -0.4 is 14.5 Å². The summed E-state index contributed by atoms with van der Waals surface area (Å²) in [7, 11) is 1.52. The molecule has 0 bridgehead atoms. The van der Waals surface area contributed by atoms with Crippen molar-refractivity contribution < 1.29 is 24.0 Å². The molecule has 3 aliphatic heterocycles. The SMILES string of the molecule is COc1ccc(C(=O)[C@H]2[C@@H]3C(=O)N(c4cccc([N+](=O)[O-])c4)C(=O)[C@@H]3[C@H]3C=Cc4ccccc4N32)cc1Br. The number of ether oxygens (including phenoxy) is 1. The zero-order chi connectivity index (χ0) is 26.7. The Hall–Kier alpha value is -4.31. The molecule has 0 aliphatic carbocycles. The van der Waals surface area contributed by atoms with E-state index in [2.05, 4.69) is 15.9 Å². The van der Waals surface area contributed by atoms with Crippen molar-refractivity contribution in [3.8, 4) is 5.75 Å². The average Bonchev–Trinajstić information content (AvgIpc) is 3.40. The maximum absolute atomic E-state index is 14.1. The summed E-state index contributed by atoms with van der Waals surface area (Å²) >= 11 is 3.43. The van der Waals surface area contributed by atoms with Crippen molar-refractivity contribution in [3.05, 3.63) is 98.5 Å². The standard InChI is InChI=1S/C28H20BrN3O6/c1-38-22-12-10-16(13-19(22)29)26(33)25-24-23(21-11-9-15-5-2-3-8-20(15)31(21)25)27(34)30(28(24)35)17-6-4-7-18(14-17)32(36)37/h2-14,21,23-25H,1H3/t21-,23-,24-,25-/m1/s1. The number of hydrogen-bond acceptors (Lipinski definition) is 7. The molecule has 3 aromatic carbocycles. The van der Waals surface area contributed by atoms with Crippen LogP contribution >= 0.6 is 15.9 Å². The third-order valence-corrected chi connectivity index (χ3v) is 8.04. The monoisotopic (exact) mass is 573 g/mol. The van der Waals surface area contributed by atoms with Gasteiger partial charge in [-0.3, -0.25) is 24.5 Å². The van der Waals surface area contributed by atoms with Crippen LogP contribution in [0.5, 0.6) is 5.75 Å². The molecule has 0 radical (unpaired) electrons. The van der Waals surface area contributed by atoms with Gasteiger partial charge in [-0.15, -0.1) is 0 Å². The van der Waals surface area contributed by atoms with Gasteiger partial charge in [-0.25, -0.2) is 4.90 Å². The van der Waals surface area contributed by atoms with Gasteiger partial charge in [0, 0.05) is 23.4 Å². The summed E-state index contributed by atoms with van der Waals surface area (Å²) in [5.41, 5.74) is 1.90. The van der Waals surface area contributed by atoms with Gasteiger partial charge in [-0.2, -0.15) is 0 Å². The van der Waals surface area contributed by atoms with E-state index in [-0.39, 0.29) is 17.2 Å². The number of methoxy groups -OCH3 is 1. The molecule has 9 nitrogen and oxygen atoms in total. The van der Waals surface area contributed by atoms with Crippen LogP contribution in [0.3, 0.4) is 0 Å². The predicted molar refractivity (Wildman–Crippen MR) is 143 cm³/mol. The number of nitrogens with zero attached hydrogens (tertiary/aromatic N) is 3. The maximum Gasteiger partial charge on any atom is 0.271 e. The van der Waals surface area contributed by atoms with Crippen molar-refractivity contribution >= 4 is 56.7 Å². The van der Waals surface area contributed by atoms with Crippen LogP contribution in [0.4, 0.5) is 17.1 Å². The third-order valence-electron chi connectivity index (χ3n) is 7.42. The highest BCUT2D eigenvalue weighted by Crippen LogP contribution is 2.50. The number of ketones is 1. The van der Waals surface area contributed by atoms with Gasteiger partial charge in [0.2, 0.25) is 11.8 Å². The molecule has 3 heterocycles. The number of carbonyl (C=O) groups is 3. The maximum atomic E-state index is 14.1. The zero-order valence-corrected chi connectivity index (χ0v) is 21.6. The van der Waals surface area contributed by atoms with Gasteiger partial charge < -0.3 is 9.64 Å². The van der Waals surface area contributed by atoms with Crippen LogP contribution in [-0.2, 0) is 9.59 Å². The molecule has 0 N–H and O–H groups in total. The number of nitro groups is 1. The van der Waals surface area contributed by atoms with Gasteiger partial charge >= 0.3 is 0 Å². The van der Waals surface area contributed by atoms with Crippen molar-refractivity contribution in [2.45, 2.75) is 12.1 Å². The molecule has 0 aromatic heterocycles. The topological polar surface area (TPSA) is 110 Å². The summed E-state index contributed by atoms with van der Waals surface area (Å²) in [6, 6.07) is 16.4. The second-order valence-electron chi connectivity index (χ2n) is 9.31. The van der Waals surface area contributed by atoms with Crippen molar-refractivity contribution in [1.82, 2.24) is 0 Å². The van der Waals surface area contributed by atoms with E-state index in [9.17, 15) is 24.5 Å². The number of carbonyl (C=O) groups excluding carboxylic acids is 3. The number of fused-ring (bicyclic) bond motifs is 5. The van der Waals surface area contributed by atoms with Gasteiger partial charge in [-0.05, 0) is 51.8 Å². The van der Waals surface area contributed by atoms with Crippen LogP contribution in [0.1, 0.15) is 15.9 Å². The predicted octanol–water partition coefficient (Wildman–Crippen LogP) is 4.64. The van der Waals surface area contributed by atoms with E-state index < -0.39 is 40.7 Å². The fourth-order valence-corrected chi connectivity index (χ4v) is 6.34. The Balaban J connectivity index is 1.48. The van der Waals surface area contributed by atoms with Crippen LogP contribution in [0.25, 0.3) is 6.08 Å². The van der Waals surface area contributed by atoms with Gasteiger partial charge in [-0.1, -0.05) is 36.4 Å². The van der Waals surface area contributed by atoms with E-state index in [0.29, 0.717) is 15.8 Å². The number of non-ortho nitro benzene ring substituents is 1. The Labute approximate surface area is 225 Å². The number of amides is 2. The number of nitro benzene ring substituents is 1. The van der Waals surface area contributed by atoms with E-state index in [1.54, 1.807) is 18.2 Å². The number of para-hydroxylation sites is 1. The van der Waals surface area contributed by atoms with Gasteiger partial charge in [0.25, 0.3) is 5.69 Å². The first-order valence-corrected chi connectivity index (χ1v) is 12.7. The van der Waals surface area contributed by atoms with E-state index >= 15 is 0 Å². The number of halogens is 1. The molecule has 2 fully saturated rings.